The normalized spacial score (nSPS) is 10.7. The molecule has 0 aromatic rings. The molecule has 0 aromatic heterocycles. The molecule has 0 radical (unpaired) electrons. The SMILES string of the molecule is CCCCCCCCCCCCNCC(=O)OCCO. The number of hydrogen-bond acceptors (Lipinski definition) is 4. The van der Waals surface area contributed by atoms with Crippen LogP contribution in [-0.2, 0) is 9.53 Å². The van der Waals surface area contributed by atoms with Crippen LogP contribution >= 0.6 is 0 Å². The first-order valence-electron chi connectivity index (χ1n) is 8.28. The molecule has 0 heterocycles. The van der Waals surface area contributed by atoms with E-state index < -0.39 is 0 Å². The number of ether oxygens (including phenoxy) is 1. The predicted octanol–water partition coefficient (Wildman–Crippen LogP) is 3.03. The van der Waals surface area contributed by atoms with Crippen LogP contribution < -0.4 is 5.32 Å². The summed E-state index contributed by atoms with van der Waals surface area (Å²) in [6.45, 7) is 3.35. The van der Waals surface area contributed by atoms with E-state index >= 15 is 0 Å². The predicted molar refractivity (Wildman–Crippen MR) is 82.8 cm³/mol. The van der Waals surface area contributed by atoms with Gasteiger partial charge in [-0.1, -0.05) is 64.7 Å². The maximum absolute atomic E-state index is 11.1. The molecule has 0 saturated heterocycles. The number of esters is 1. The van der Waals surface area contributed by atoms with Crippen molar-refractivity contribution in [2.75, 3.05) is 26.3 Å². The van der Waals surface area contributed by atoms with E-state index in [1.165, 1.54) is 57.8 Å². The molecule has 2 N–H and O–H groups in total. The van der Waals surface area contributed by atoms with Crippen molar-refractivity contribution in [3.05, 3.63) is 0 Å². The number of rotatable bonds is 15. The first kappa shape index (κ1) is 19.4. The summed E-state index contributed by atoms with van der Waals surface area (Å²) in [5, 5.41) is 11.6. The summed E-state index contributed by atoms with van der Waals surface area (Å²) in [7, 11) is 0. The number of carbonyl (C=O) groups is 1. The van der Waals surface area contributed by atoms with Crippen molar-refractivity contribution in [1.82, 2.24) is 5.32 Å². The first-order chi connectivity index (χ1) is 9.81. The average molecular weight is 287 g/mol. The number of aliphatic hydroxyl groups excluding tert-OH is 1. The van der Waals surface area contributed by atoms with Gasteiger partial charge in [0.1, 0.15) is 6.61 Å². The molecule has 0 aliphatic carbocycles. The average Bonchev–Trinajstić information content (AvgIpc) is 2.46. The number of carbonyl (C=O) groups excluding carboxylic acids is 1. The fourth-order valence-electron chi connectivity index (χ4n) is 2.14. The van der Waals surface area contributed by atoms with E-state index in [9.17, 15) is 4.79 Å². The molecular weight excluding hydrogens is 254 g/mol. The molecule has 0 aliphatic rings. The van der Waals surface area contributed by atoms with Crippen molar-refractivity contribution in [3.8, 4) is 0 Å². The molecule has 0 amide bonds. The Balaban J connectivity index is 3.04. The molecule has 0 atom stereocenters. The summed E-state index contributed by atoms with van der Waals surface area (Å²) in [6, 6.07) is 0. The van der Waals surface area contributed by atoms with Crippen molar-refractivity contribution in [2.24, 2.45) is 0 Å². The zero-order chi connectivity index (χ0) is 14.9. The summed E-state index contributed by atoms with van der Waals surface area (Å²) in [5.74, 6) is -0.286. The molecule has 0 bridgehead atoms. The Morgan fingerprint density at radius 1 is 0.950 bits per heavy atom. The summed E-state index contributed by atoms with van der Waals surface area (Å²) in [6.07, 6.45) is 13.2. The largest absolute Gasteiger partial charge is 0.462 e. The van der Waals surface area contributed by atoms with E-state index in [1.807, 2.05) is 0 Å². The monoisotopic (exact) mass is 287 g/mol. The third-order valence-corrected chi connectivity index (χ3v) is 3.33. The lowest BCUT2D eigenvalue weighted by Crippen LogP contribution is -2.26. The lowest BCUT2D eigenvalue weighted by Gasteiger charge is -2.05. The Morgan fingerprint density at radius 3 is 2.05 bits per heavy atom. The maximum Gasteiger partial charge on any atom is 0.319 e. The second-order valence-corrected chi connectivity index (χ2v) is 5.30. The minimum atomic E-state index is -0.286. The van der Waals surface area contributed by atoms with E-state index in [-0.39, 0.29) is 25.7 Å². The summed E-state index contributed by atoms with van der Waals surface area (Å²) < 4.78 is 4.74. The van der Waals surface area contributed by atoms with Gasteiger partial charge in [-0.3, -0.25) is 4.79 Å². The molecule has 0 rings (SSSR count). The van der Waals surface area contributed by atoms with Gasteiger partial charge in [0.25, 0.3) is 0 Å². The van der Waals surface area contributed by atoms with Crippen LogP contribution in [0.3, 0.4) is 0 Å². The molecule has 0 aliphatic heterocycles. The van der Waals surface area contributed by atoms with Gasteiger partial charge in [-0.05, 0) is 13.0 Å². The third-order valence-electron chi connectivity index (χ3n) is 3.33. The standard InChI is InChI=1S/C16H33NO3/c1-2-3-4-5-6-7-8-9-10-11-12-17-15-16(19)20-14-13-18/h17-18H,2-15H2,1H3. The third kappa shape index (κ3) is 15.4. The second-order valence-electron chi connectivity index (χ2n) is 5.30. The van der Waals surface area contributed by atoms with E-state index in [4.69, 9.17) is 9.84 Å². The molecule has 4 nitrogen and oxygen atoms in total. The molecule has 0 saturated carbocycles. The van der Waals surface area contributed by atoms with Gasteiger partial charge in [-0.25, -0.2) is 0 Å². The van der Waals surface area contributed by atoms with Gasteiger partial charge in [0.05, 0.1) is 13.2 Å². The van der Waals surface area contributed by atoms with Crippen LogP contribution in [0.15, 0.2) is 0 Å². The Labute approximate surface area is 124 Å². The highest BCUT2D eigenvalue weighted by molar-refractivity contribution is 5.71. The van der Waals surface area contributed by atoms with E-state index in [2.05, 4.69) is 12.2 Å². The lowest BCUT2D eigenvalue weighted by atomic mass is 10.1. The van der Waals surface area contributed by atoms with Gasteiger partial charge < -0.3 is 15.2 Å². The van der Waals surface area contributed by atoms with E-state index in [1.54, 1.807) is 0 Å². The Bertz CT molecular complexity index is 210. The minimum Gasteiger partial charge on any atom is -0.462 e. The number of aliphatic hydroxyl groups is 1. The highest BCUT2D eigenvalue weighted by Crippen LogP contribution is 2.10. The number of unbranched alkanes of at least 4 members (excludes halogenated alkanes) is 9. The van der Waals surface area contributed by atoms with Gasteiger partial charge in [-0.2, -0.15) is 0 Å². The quantitative estimate of drug-likeness (QED) is 0.359. The Kier molecular flexibility index (Phi) is 15.9. The van der Waals surface area contributed by atoms with Crippen LogP contribution in [-0.4, -0.2) is 37.4 Å². The van der Waals surface area contributed by atoms with Crippen molar-refractivity contribution in [3.63, 3.8) is 0 Å². The van der Waals surface area contributed by atoms with Crippen LogP contribution in [0.2, 0.25) is 0 Å². The van der Waals surface area contributed by atoms with Crippen LogP contribution in [0.5, 0.6) is 0 Å². The smallest absolute Gasteiger partial charge is 0.319 e. The van der Waals surface area contributed by atoms with Crippen LogP contribution in [0.25, 0.3) is 0 Å². The van der Waals surface area contributed by atoms with Crippen LogP contribution in [0, 0.1) is 0 Å². The lowest BCUT2D eigenvalue weighted by molar-refractivity contribution is -0.143. The van der Waals surface area contributed by atoms with Gasteiger partial charge in [0.2, 0.25) is 0 Å². The van der Waals surface area contributed by atoms with Gasteiger partial charge in [0, 0.05) is 0 Å². The van der Waals surface area contributed by atoms with Gasteiger partial charge in [0.15, 0.2) is 0 Å². The molecule has 120 valence electrons. The molecule has 0 unspecified atom stereocenters. The topological polar surface area (TPSA) is 58.6 Å². The molecule has 20 heavy (non-hydrogen) atoms. The Morgan fingerprint density at radius 2 is 1.50 bits per heavy atom. The second kappa shape index (κ2) is 16.4. The van der Waals surface area contributed by atoms with Crippen molar-refractivity contribution in [2.45, 2.75) is 71.1 Å². The number of hydrogen-bond donors (Lipinski definition) is 2. The first-order valence-corrected chi connectivity index (χ1v) is 8.28. The molecule has 0 spiro atoms. The molecular formula is C16H33NO3. The zero-order valence-electron chi connectivity index (χ0n) is 13.2. The minimum absolute atomic E-state index is 0.0960. The van der Waals surface area contributed by atoms with Gasteiger partial charge in [-0.15, -0.1) is 0 Å². The number of nitrogens with one attached hydrogen (secondary N) is 1. The fourth-order valence-corrected chi connectivity index (χ4v) is 2.14. The van der Waals surface area contributed by atoms with E-state index in [0.29, 0.717) is 0 Å². The highest BCUT2D eigenvalue weighted by atomic mass is 16.5. The molecule has 0 fully saturated rings. The summed E-state index contributed by atoms with van der Waals surface area (Å²) in [5.41, 5.74) is 0. The van der Waals surface area contributed by atoms with E-state index in [0.717, 1.165) is 13.0 Å². The summed E-state index contributed by atoms with van der Waals surface area (Å²) >= 11 is 0. The summed E-state index contributed by atoms with van der Waals surface area (Å²) in [4.78, 5) is 11.1. The van der Waals surface area contributed by atoms with Crippen LogP contribution in [0.1, 0.15) is 71.1 Å². The van der Waals surface area contributed by atoms with Crippen molar-refractivity contribution >= 4 is 5.97 Å². The zero-order valence-corrected chi connectivity index (χ0v) is 13.2. The van der Waals surface area contributed by atoms with Crippen molar-refractivity contribution < 1.29 is 14.6 Å². The maximum atomic E-state index is 11.1. The highest BCUT2D eigenvalue weighted by Gasteiger charge is 2.00. The van der Waals surface area contributed by atoms with Crippen LogP contribution in [0.4, 0.5) is 0 Å². The van der Waals surface area contributed by atoms with Crippen molar-refractivity contribution in [1.29, 1.82) is 0 Å². The fraction of sp³-hybridized carbons (Fsp3) is 0.938. The molecule has 4 heteroatoms. The van der Waals surface area contributed by atoms with Gasteiger partial charge >= 0.3 is 5.97 Å². The Hall–Kier alpha value is -0.610. The molecule has 0 aromatic carbocycles.